The third-order valence-electron chi connectivity index (χ3n) is 12.4. The molecule has 4 unspecified atom stereocenters. The van der Waals surface area contributed by atoms with E-state index < -0.39 is 0 Å². The van der Waals surface area contributed by atoms with Crippen LogP contribution in [0.15, 0.2) is 163 Å². The first-order chi connectivity index (χ1) is 26.5. The van der Waals surface area contributed by atoms with E-state index in [9.17, 15) is 0 Å². The van der Waals surface area contributed by atoms with Crippen LogP contribution >= 0.6 is 34.0 Å². The number of benzene rings is 5. The zero-order valence-electron chi connectivity index (χ0n) is 30.5. The molecule has 5 aromatic carbocycles. The highest BCUT2D eigenvalue weighted by Crippen LogP contribution is 2.59. The third kappa shape index (κ3) is 4.72. The van der Waals surface area contributed by atoms with Crippen molar-refractivity contribution in [1.82, 2.24) is 0 Å². The van der Waals surface area contributed by atoms with Gasteiger partial charge in [-0.1, -0.05) is 122 Å². The minimum absolute atomic E-state index is 0.0156. The van der Waals surface area contributed by atoms with E-state index in [2.05, 4.69) is 179 Å². The fourth-order valence-corrected chi connectivity index (χ4v) is 13.1. The minimum Gasteiger partial charge on any atom is -0.145 e. The van der Waals surface area contributed by atoms with Crippen LogP contribution in [-0.4, -0.2) is 0 Å². The van der Waals surface area contributed by atoms with Crippen molar-refractivity contribution in [3.8, 4) is 21.6 Å². The maximum Gasteiger partial charge on any atom is 0.0361 e. The fourth-order valence-electron chi connectivity index (χ4n) is 9.95. The first kappa shape index (κ1) is 32.4. The molecule has 0 aliphatic heterocycles. The maximum absolute atomic E-state index is 2.51. The molecular formula is C51H38S3. The van der Waals surface area contributed by atoms with Crippen molar-refractivity contribution in [2.75, 3.05) is 0 Å². The second kappa shape index (κ2) is 12.2. The summed E-state index contributed by atoms with van der Waals surface area (Å²) in [6.07, 6.45) is 18.9. The van der Waals surface area contributed by atoms with Gasteiger partial charge in [0.1, 0.15) is 0 Å². The van der Waals surface area contributed by atoms with E-state index in [-0.39, 0.29) is 5.41 Å². The molecular weight excluding hydrogens is 709 g/mol. The molecule has 0 amide bonds. The highest BCUT2D eigenvalue weighted by molar-refractivity contribution is 7.25. The number of fused-ring (bicyclic) bond motifs is 7. The van der Waals surface area contributed by atoms with E-state index in [0.717, 1.165) is 0 Å². The lowest BCUT2D eigenvalue weighted by molar-refractivity contribution is 0.252. The summed E-state index contributed by atoms with van der Waals surface area (Å²) in [6.45, 7) is 6.96. The summed E-state index contributed by atoms with van der Waals surface area (Å²) in [5.74, 6) is 1.00. The zero-order valence-corrected chi connectivity index (χ0v) is 32.9. The first-order valence-electron chi connectivity index (χ1n) is 19.0. The lowest BCUT2D eigenvalue weighted by Gasteiger charge is -2.51. The molecule has 260 valence electrons. The Morgan fingerprint density at radius 1 is 0.519 bits per heavy atom. The monoisotopic (exact) mass is 746 g/mol. The van der Waals surface area contributed by atoms with Gasteiger partial charge in [0.25, 0.3) is 0 Å². The molecule has 0 spiro atoms. The molecule has 0 fully saturated rings. The molecule has 0 saturated heterocycles. The van der Waals surface area contributed by atoms with Crippen LogP contribution in [0.3, 0.4) is 0 Å². The molecule has 0 saturated carbocycles. The molecule has 3 heterocycles. The molecule has 4 atom stereocenters. The summed E-state index contributed by atoms with van der Waals surface area (Å²) in [7, 11) is 0. The average molecular weight is 747 g/mol. The Kier molecular flexibility index (Phi) is 7.33. The maximum atomic E-state index is 2.51. The quantitative estimate of drug-likeness (QED) is 0.157. The molecule has 3 aliphatic rings. The molecule has 11 rings (SSSR count). The highest BCUT2D eigenvalue weighted by atomic mass is 32.1. The zero-order chi connectivity index (χ0) is 36.1. The Labute approximate surface area is 328 Å². The first-order valence-corrected chi connectivity index (χ1v) is 21.4. The molecule has 8 aromatic rings. The van der Waals surface area contributed by atoms with Crippen LogP contribution in [0.2, 0.25) is 0 Å². The summed E-state index contributed by atoms with van der Waals surface area (Å²) in [5.41, 5.74) is 8.23. The fraction of sp³-hybridized carbons (Fsp3) is 0.137. The normalized spacial score (nSPS) is 21.9. The van der Waals surface area contributed by atoms with Crippen molar-refractivity contribution in [3.63, 3.8) is 0 Å². The summed E-state index contributed by atoms with van der Waals surface area (Å²) < 4.78 is 2.69. The van der Waals surface area contributed by atoms with E-state index in [1.54, 1.807) is 0 Å². The van der Waals surface area contributed by atoms with E-state index in [0.29, 0.717) is 17.8 Å². The number of hydrogen-bond donors (Lipinski definition) is 0. The van der Waals surface area contributed by atoms with Gasteiger partial charge in [-0.3, -0.25) is 0 Å². The van der Waals surface area contributed by atoms with Crippen molar-refractivity contribution in [3.05, 3.63) is 184 Å². The van der Waals surface area contributed by atoms with Gasteiger partial charge < -0.3 is 0 Å². The molecule has 0 N–H and O–H groups in total. The van der Waals surface area contributed by atoms with Crippen molar-refractivity contribution >= 4 is 81.3 Å². The van der Waals surface area contributed by atoms with Crippen LogP contribution in [-0.2, 0) is 5.41 Å². The van der Waals surface area contributed by atoms with Crippen LogP contribution < -0.4 is 0 Å². The Morgan fingerprint density at radius 3 is 1.93 bits per heavy atom. The van der Waals surface area contributed by atoms with E-state index in [1.165, 1.54) is 94.6 Å². The Hall–Kier alpha value is -5.06. The van der Waals surface area contributed by atoms with E-state index in [1.807, 2.05) is 34.0 Å². The Morgan fingerprint density at radius 2 is 1.20 bits per heavy atom. The van der Waals surface area contributed by atoms with E-state index >= 15 is 0 Å². The third-order valence-corrected chi connectivity index (χ3v) is 15.8. The van der Waals surface area contributed by atoms with Gasteiger partial charge in [0.05, 0.1) is 0 Å². The van der Waals surface area contributed by atoms with Crippen molar-refractivity contribution in [1.29, 1.82) is 0 Å². The molecule has 3 aliphatic carbocycles. The van der Waals surface area contributed by atoms with Gasteiger partial charge >= 0.3 is 0 Å². The smallest absolute Gasteiger partial charge is 0.0361 e. The predicted octanol–water partition coefficient (Wildman–Crippen LogP) is 15.3. The van der Waals surface area contributed by atoms with Crippen molar-refractivity contribution in [2.24, 2.45) is 17.8 Å². The summed E-state index contributed by atoms with van der Waals surface area (Å²) in [4.78, 5) is 5.55. The van der Waals surface area contributed by atoms with Gasteiger partial charge in [-0.15, -0.1) is 34.0 Å². The number of aryl methyl sites for hydroxylation is 2. The summed E-state index contributed by atoms with van der Waals surface area (Å²) >= 11 is 5.78. The SMILES string of the molecule is Cc1ccc(-c2c3ccccc3c(-c3ccc4sc5cc(C6=C7C=CC=CC7C(C)(c7ccc(C)s7)C7C=CC=CC67)ccc5c4c3)c3ccccc23)s1. The van der Waals surface area contributed by atoms with E-state index in [4.69, 9.17) is 0 Å². The van der Waals surface area contributed by atoms with Crippen molar-refractivity contribution < 1.29 is 0 Å². The summed E-state index contributed by atoms with van der Waals surface area (Å²) in [6, 6.07) is 41.7. The minimum atomic E-state index is -0.0156. The number of allylic oxidation sites excluding steroid dienone is 10. The molecule has 0 bridgehead atoms. The number of hydrogen-bond acceptors (Lipinski definition) is 3. The molecule has 3 heteroatoms. The summed E-state index contributed by atoms with van der Waals surface area (Å²) in [5, 5.41) is 7.92. The molecule has 0 nitrogen and oxygen atoms in total. The second-order valence-corrected chi connectivity index (χ2v) is 19.0. The molecule has 3 aromatic heterocycles. The Balaban J connectivity index is 1.08. The van der Waals surface area contributed by atoms with Crippen molar-refractivity contribution in [2.45, 2.75) is 26.2 Å². The van der Waals surface area contributed by atoms with Gasteiger partial charge in [-0.05, 0) is 112 Å². The van der Waals surface area contributed by atoms with Crippen LogP contribution in [0.25, 0.3) is 68.9 Å². The van der Waals surface area contributed by atoms with Crippen LogP contribution in [0.1, 0.15) is 27.1 Å². The molecule has 0 radical (unpaired) electrons. The number of rotatable bonds is 4. The van der Waals surface area contributed by atoms with Crippen LogP contribution in [0.4, 0.5) is 0 Å². The highest BCUT2D eigenvalue weighted by Gasteiger charge is 2.51. The van der Waals surface area contributed by atoms with Crippen LogP contribution in [0.5, 0.6) is 0 Å². The standard InChI is InChI=1S/C51H38S3/c1-30-20-25-45(52-30)50-37-14-6-4-12-35(37)48(36-13-5-7-15-38(36)50)32-23-26-44-41(28-32)34-24-22-33(29-46(34)54-44)49-39-16-8-10-18-42(39)51(3,47-27-21-31(2)53-47)43-19-11-9-17-40(43)49/h4-29,39,42-43H,1-3H3. The molecule has 54 heavy (non-hydrogen) atoms. The second-order valence-electron chi connectivity index (χ2n) is 15.4. The largest absolute Gasteiger partial charge is 0.145 e. The lowest BCUT2D eigenvalue weighted by Crippen LogP contribution is -2.46. The Bertz CT molecular complexity index is 2950. The van der Waals surface area contributed by atoms with Gasteiger partial charge in [-0.25, -0.2) is 0 Å². The van der Waals surface area contributed by atoms with Gasteiger partial charge in [0, 0.05) is 62.5 Å². The van der Waals surface area contributed by atoms with Gasteiger partial charge in [-0.2, -0.15) is 0 Å². The van der Waals surface area contributed by atoms with Gasteiger partial charge in [0.15, 0.2) is 0 Å². The van der Waals surface area contributed by atoms with Gasteiger partial charge in [0.2, 0.25) is 0 Å². The average Bonchev–Trinajstić information content (AvgIpc) is 3.94. The number of thiophene rings is 3. The predicted molar refractivity (Wildman–Crippen MR) is 238 cm³/mol. The lowest BCUT2D eigenvalue weighted by atomic mass is 9.52. The van der Waals surface area contributed by atoms with Crippen LogP contribution in [0, 0.1) is 31.6 Å². The topological polar surface area (TPSA) is 0 Å².